The molecule has 6 nitrogen and oxygen atoms in total. The number of carbonyl (C=O) groups excluding carboxylic acids is 1. The van der Waals surface area contributed by atoms with Crippen molar-refractivity contribution in [2.75, 3.05) is 0 Å². The first-order valence-electron chi connectivity index (χ1n) is 9.47. The van der Waals surface area contributed by atoms with Crippen LogP contribution in [0.15, 0.2) is 60.8 Å². The lowest BCUT2D eigenvalue weighted by Crippen LogP contribution is -2.35. The van der Waals surface area contributed by atoms with Gasteiger partial charge in [-0.3, -0.25) is 9.78 Å². The third-order valence-corrected chi connectivity index (χ3v) is 4.68. The van der Waals surface area contributed by atoms with E-state index in [1.54, 1.807) is 18.2 Å². The molecule has 1 heterocycles. The maximum absolute atomic E-state index is 13.3. The van der Waals surface area contributed by atoms with Crippen LogP contribution in [0.2, 0.25) is 5.02 Å². The number of nitrogens with one attached hydrogen (secondary N) is 1. The van der Waals surface area contributed by atoms with Crippen molar-refractivity contribution >= 4 is 23.5 Å². The Hall–Kier alpha value is -3.45. The maximum Gasteiger partial charge on any atom is 0.335 e. The molecule has 31 heavy (non-hydrogen) atoms. The minimum atomic E-state index is -0.991. The van der Waals surface area contributed by atoms with Gasteiger partial charge in [0.05, 0.1) is 21.8 Å². The highest BCUT2D eigenvalue weighted by Gasteiger charge is 2.17. The summed E-state index contributed by atoms with van der Waals surface area (Å²) in [6, 6.07) is 13.4. The van der Waals surface area contributed by atoms with E-state index in [0.29, 0.717) is 22.9 Å². The van der Waals surface area contributed by atoms with E-state index in [1.165, 1.54) is 42.6 Å². The number of amides is 1. The van der Waals surface area contributed by atoms with Gasteiger partial charge in [-0.15, -0.1) is 0 Å². The summed E-state index contributed by atoms with van der Waals surface area (Å²) in [5, 5.41) is 12.2. The van der Waals surface area contributed by atoms with E-state index in [4.69, 9.17) is 21.4 Å². The standard InChI is InChI=1S/C23H20ClFN2O4/c1-14(9-15-5-7-16(8-6-15)23(29)30)27-22(28)20-10-17(24)12-26-21(20)13-31-19-4-2-3-18(25)11-19/h2-8,10-12,14H,9,13H2,1H3,(H,27,28)(H,29,30)/t14-/m0/s1. The highest BCUT2D eigenvalue weighted by atomic mass is 35.5. The van der Waals surface area contributed by atoms with Crippen molar-refractivity contribution in [2.45, 2.75) is 26.0 Å². The summed E-state index contributed by atoms with van der Waals surface area (Å²) >= 11 is 6.02. The summed E-state index contributed by atoms with van der Waals surface area (Å²) < 4.78 is 18.9. The first kappa shape index (κ1) is 22.2. The van der Waals surface area contributed by atoms with E-state index in [9.17, 15) is 14.0 Å². The van der Waals surface area contributed by atoms with Crippen molar-refractivity contribution in [2.24, 2.45) is 0 Å². The van der Waals surface area contributed by atoms with Gasteiger partial charge in [-0.1, -0.05) is 29.8 Å². The number of aromatic carboxylic acids is 1. The maximum atomic E-state index is 13.3. The fourth-order valence-electron chi connectivity index (χ4n) is 2.98. The zero-order valence-corrected chi connectivity index (χ0v) is 17.4. The number of hydrogen-bond donors (Lipinski definition) is 2. The Morgan fingerprint density at radius 1 is 1.19 bits per heavy atom. The molecule has 0 fully saturated rings. The zero-order chi connectivity index (χ0) is 22.4. The average molecular weight is 443 g/mol. The molecular formula is C23H20ClFN2O4. The number of ether oxygens (including phenoxy) is 1. The van der Waals surface area contributed by atoms with Crippen LogP contribution in [0.1, 0.15) is 38.9 Å². The second-order valence-electron chi connectivity index (χ2n) is 6.97. The molecule has 2 aromatic carbocycles. The van der Waals surface area contributed by atoms with Crippen molar-refractivity contribution < 1.29 is 23.8 Å². The Morgan fingerprint density at radius 3 is 2.61 bits per heavy atom. The van der Waals surface area contributed by atoms with Crippen molar-refractivity contribution in [3.8, 4) is 5.75 Å². The van der Waals surface area contributed by atoms with Gasteiger partial charge in [0.1, 0.15) is 18.2 Å². The van der Waals surface area contributed by atoms with Crippen LogP contribution in [-0.4, -0.2) is 28.0 Å². The Balaban J connectivity index is 1.67. The number of carboxylic acids is 1. The van der Waals surface area contributed by atoms with Gasteiger partial charge < -0.3 is 15.2 Å². The van der Waals surface area contributed by atoms with Crippen LogP contribution >= 0.6 is 11.6 Å². The van der Waals surface area contributed by atoms with Crippen LogP contribution in [0.25, 0.3) is 0 Å². The molecule has 1 atom stereocenters. The molecule has 1 amide bonds. The van der Waals surface area contributed by atoms with Gasteiger partial charge in [-0.05, 0) is 49.2 Å². The fourth-order valence-corrected chi connectivity index (χ4v) is 3.14. The largest absolute Gasteiger partial charge is 0.487 e. The van der Waals surface area contributed by atoms with Crippen LogP contribution in [0.3, 0.4) is 0 Å². The van der Waals surface area contributed by atoms with Crippen LogP contribution in [0.4, 0.5) is 4.39 Å². The molecule has 0 aliphatic carbocycles. The van der Waals surface area contributed by atoms with Crippen molar-refractivity contribution in [3.05, 3.63) is 94.0 Å². The Bertz CT molecular complexity index is 1090. The van der Waals surface area contributed by atoms with E-state index < -0.39 is 11.8 Å². The summed E-state index contributed by atoms with van der Waals surface area (Å²) in [5.74, 6) is -1.47. The quantitative estimate of drug-likeness (QED) is 0.535. The number of halogens is 2. The highest BCUT2D eigenvalue weighted by Crippen LogP contribution is 2.18. The van der Waals surface area contributed by atoms with Crippen molar-refractivity contribution in [3.63, 3.8) is 0 Å². The topological polar surface area (TPSA) is 88.5 Å². The summed E-state index contributed by atoms with van der Waals surface area (Å²) in [5.41, 5.74) is 1.71. The molecule has 0 spiro atoms. The second kappa shape index (κ2) is 10.0. The molecule has 3 aromatic rings. The predicted octanol–water partition coefficient (Wildman–Crippen LogP) is 4.51. The van der Waals surface area contributed by atoms with Crippen molar-refractivity contribution in [1.82, 2.24) is 10.3 Å². The molecule has 0 saturated carbocycles. The van der Waals surface area contributed by atoms with Gasteiger partial charge in [-0.25, -0.2) is 9.18 Å². The molecule has 1 aromatic heterocycles. The van der Waals surface area contributed by atoms with Gasteiger partial charge in [0, 0.05) is 18.3 Å². The minimum Gasteiger partial charge on any atom is -0.487 e. The molecule has 0 radical (unpaired) electrons. The van der Waals surface area contributed by atoms with Crippen LogP contribution < -0.4 is 10.1 Å². The number of carboxylic acid groups (broad SMARTS) is 1. The first-order valence-corrected chi connectivity index (χ1v) is 9.85. The molecule has 0 saturated heterocycles. The summed E-state index contributed by atoms with van der Waals surface area (Å²) in [4.78, 5) is 28.0. The van der Waals surface area contributed by atoms with E-state index in [0.717, 1.165) is 5.56 Å². The summed E-state index contributed by atoms with van der Waals surface area (Å²) in [7, 11) is 0. The van der Waals surface area contributed by atoms with Gasteiger partial charge in [0.2, 0.25) is 0 Å². The van der Waals surface area contributed by atoms with E-state index >= 15 is 0 Å². The molecule has 2 N–H and O–H groups in total. The number of aromatic nitrogens is 1. The third-order valence-electron chi connectivity index (χ3n) is 4.47. The first-order chi connectivity index (χ1) is 14.8. The van der Waals surface area contributed by atoms with Gasteiger partial charge in [0.25, 0.3) is 5.91 Å². The van der Waals surface area contributed by atoms with Gasteiger partial charge >= 0.3 is 5.97 Å². The summed E-state index contributed by atoms with van der Waals surface area (Å²) in [6.07, 6.45) is 1.92. The third kappa shape index (κ3) is 6.26. The molecule has 160 valence electrons. The number of hydrogen-bond acceptors (Lipinski definition) is 4. The second-order valence-corrected chi connectivity index (χ2v) is 7.41. The van der Waals surface area contributed by atoms with Gasteiger partial charge in [-0.2, -0.15) is 0 Å². The van der Waals surface area contributed by atoms with Crippen LogP contribution in [0.5, 0.6) is 5.75 Å². The summed E-state index contributed by atoms with van der Waals surface area (Å²) in [6.45, 7) is 1.80. The van der Waals surface area contributed by atoms with E-state index in [2.05, 4.69) is 10.3 Å². The monoisotopic (exact) mass is 442 g/mol. The smallest absolute Gasteiger partial charge is 0.335 e. The zero-order valence-electron chi connectivity index (χ0n) is 16.6. The van der Waals surface area contributed by atoms with Gasteiger partial charge in [0.15, 0.2) is 0 Å². The molecule has 8 heteroatoms. The van der Waals surface area contributed by atoms with E-state index in [1.807, 2.05) is 6.92 Å². The SMILES string of the molecule is C[C@@H](Cc1ccc(C(=O)O)cc1)NC(=O)c1cc(Cl)cnc1COc1cccc(F)c1. The van der Waals surface area contributed by atoms with Crippen molar-refractivity contribution in [1.29, 1.82) is 0 Å². The van der Waals surface area contributed by atoms with Crippen LogP contribution in [-0.2, 0) is 13.0 Å². The fraction of sp³-hybridized carbons (Fsp3) is 0.174. The number of pyridine rings is 1. The molecule has 0 aliphatic rings. The lowest BCUT2D eigenvalue weighted by Gasteiger charge is -2.16. The normalized spacial score (nSPS) is 11.6. The minimum absolute atomic E-state index is 0.0333. The molecule has 3 rings (SSSR count). The molecule has 0 unspecified atom stereocenters. The lowest BCUT2D eigenvalue weighted by molar-refractivity contribution is 0.0696. The average Bonchev–Trinajstić information content (AvgIpc) is 2.73. The molecule has 0 bridgehead atoms. The Labute approximate surface area is 183 Å². The Kier molecular flexibility index (Phi) is 7.20. The van der Waals surface area contributed by atoms with Crippen LogP contribution in [0, 0.1) is 5.82 Å². The number of carbonyl (C=O) groups is 2. The number of rotatable bonds is 8. The Morgan fingerprint density at radius 2 is 1.94 bits per heavy atom. The number of benzene rings is 2. The van der Waals surface area contributed by atoms with E-state index in [-0.39, 0.29) is 29.7 Å². The molecule has 0 aliphatic heterocycles. The lowest BCUT2D eigenvalue weighted by atomic mass is 10.0. The number of nitrogens with zero attached hydrogens (tertiary/aromatic N) is 1. The predicted molar refractivity (Wildman–Crippen MR) is 114 cm³/mol. The molecular weight excluding hydrogens is 423 g/mol. The highest BCUT2D eigenvalue weighted by molar-refractivity contribution is 6.30.